The first kappa shape index (κ1) is 24.1. The summed E-state index contributed by atoms with van der Waals surface area (Å²) >= 11 is 1.46. The number of sulfonamides is 1. The molecular weight excluding hydrogens is 474 g/mol. The molecule has 2 N–H and O–H groups in total. The fraction of sp³-hybridized carbons (Fsp3) is 0.261. The average molecular weight is 500 g/mol. The fourth-order valence-corrected chi connectivity index (χ4v) is 5.94. The van der Waals surface area contributed by atoms with E-state index >= 15 is 0 Å². The van der Waals surface area contributed by atoms with Crippen LogP contribution >= 0.6 is 11.8 Å². The van der Waals surface area contributed by atoms with Crippen molar-refractivity contribution in [3.8, 4) is 11.4 Å². The quantitative estimate of drug-likeness (QED) is 0.355. The van der Waals surface area contributed by atoms with Gasteiger partial charge in [0.25, 0.3) is 0 Å². The molecule has 34 heavy (non-hydrogen) atoms. The number of carbonyl (C=O) groups is 1. The van der Waals surface area contributed by atoms with Gasteiger partial charge in [-0.1, -0.05) is 42.1 Å². The van der Waals surface area contributed by atoms with Gasteiger partial charge in [-0.3, -0.25) is 9.36 Å². The van der Waals surface area contributed by atoms with Crippen molar-refractivity contribution in [2.45, 2.75) is 22.3 Å². The van der Waals surface area contributed by atoms with E-state index in [0.29, 0.717) is 60.7 Å². The number of benzene rings is 2. The molecule has 1 aromatic heterocycles. The maximum absolute atomic E-state index is 13.1. The van der Waals surface area contributed by atoms with E-state index in [0.717, 1.165) is 5.56 Å². The van der Waals surface area contributed by atoms with E-state index in [1.54, 1.807) is 42.5 Å². The summed E-state index contributed by atoms with van der Waals surface area (Å²) in [6.45, 7) is 5.71. The lowest BCUT2D eigenvalue weighted by atomic mass is 10.1. The maximum atomic E-state index is 13.1. The van der Waals surface area contributed by atoms with Crippen molar-refractivity contribution in [2.75, 3.05) is 26.3 Å². The van der Waals surface area contributed by atoms with Crippen LogP contribution in [0.3, 0.4) is 0 Å². The molecule has 1 aliphatic rings. The Morgan fingerprint density at radius 1 is 1.15 bits per heavy atom. The van der Waals surface area contributed by atoms with Crippen LogP contribution in [0.1, 0.15) is 15.9 Å². The number of allylic oxidation sites excluding steroid dienone is 1. The summed E-state index contributed by atoms with van der Waals surface area (Å²) in [6, 6.07) is 13.9. The third-order valence-corrected chi connectivity index (χ3v) is 8.24. The number of nitrogens with two attached hydrogens (primary N) is 1. The molecule has 1 saturated heterocycles. The summed E-state index contributed by atoms with van der Waals surface area (Å²) in [7, 11) is -3.64. The standard InChI is InChI=1S/C23H25N5O4S2/c1-2-9-28-22(25-26-23(28)33-16-17-5-3-6-18(14-17)21(24)29)19-7-4-8-20(15-19)34(30,31)27-10-12-32-13-11-27/h2-8,14-15H,1,9-13,16H2,(H2,24,29). The van der Waals surface area contributed by atoms with E-state index in [9.17, 15) is 13.2 Å². The third-order valence-electron chi connectivity index (χ3n) is 5.31. The van der Waals surface area contributed by atoms with Gasteiger partial charge in [0.05, 0.1) is 18.1 Å². The Morgan fingerprint density at radius 2 is 1.91 bits per heavy atom. The molecule has 9 nitrogen and oxygen atoms in total. The SMILES string of the molecule is C=CCn1c(SCc2cccc(C(N)=O)c2)nnc1-c1cccc(S(=O)(=O)N2CCOCC2)c1. The molecule has 3 aromatic rings. The van der Waals surface area contributed by atoms with Crippen LogP contribution in [0.2, 0.25) is 0 Å². The summed E-state index contributed by atoms with van der Waals surface area (Å²) < 4.78 is 34.8. The highest BCUT2D eigenvalue weighted by atomic mass is 32.2. The Kier molecular flexibility index (Phi) is 7.47. The van der Waals surface area contributed by atoms with Crippen LogP contribution in [-0.4, -0.2) is 59.7 Å². The van der Waals surface area contributed by atoms with Gasteiger partial charge < -0.3 is 10.5 Å². The number of aromatic nitrogens is 3. The number of nitrogens with zero attached hydrogens (tertiary/aromatic N) is 4. The van der Waals surface area contributed by atoms with Gasteiger partial charge in [-0.15, -0.1) is 16.8 Å². The summed E-state index contributed by atoms with van der Waals surface area (Å²) in [5, 5.41) is 9.32. The molecule has 2 heterocycles. The summed E-state index contributed by atoms with van der Waals surface area (Å²) in [5.41, 5.74) is 7.40. The van der Waals surface area contributed by atoms with Crippen molar-refractivity contribution >= 4 is 27.7 Å². The van der Waals surface area contributed by atoms with Crippen molar-refractivity contribution in [1.82, 2.24) is 19.1 Å². The van der Waals surface area contributed by atoms with Gasteiger partial charge in [-0.25, -0.2) is 8.42 Å². The number of hydrogen-bond acceptors (Lipinski definition) is 7. The molecular formula is C23H25N5O4S2. The van der Waals surface area contributed by atoms with E-state index in [1.807, 2.05) is 16.7 Å². The Bertz CT molecular complexity index is 1300. The second-order valence-corrected chi connectivity index (χ2v) is 10.5. The van der Waals surface area contributed by atoms with Crippen LogP contribution in [0.15, 0.2) is 71.2 Å². The van der Waals surface area contributed by atoms with Crippen LogP contribution in [-0.2, 0) is 27.1 Å². The minimum atomic E-state index is -3.64. The van der Waals surface area contributed by atoms with E-state index in [2.05, 4.69) is 16.8 Å². The Balaban J connectivity index is 1.60. The van der Waals surface area contributed by atoms with Crippen LogP contribution in [0, 0.1) is 0 Å². The molecule has 178 valence electrons. The Morgan fingerprint density at radius 3 is 2.65 bits per heavy atom. The van der Waals surface area contributed by atoms with Gasteiger partial charge in [0.1, 0.15) is 0 Å². The predicted octanol–water partition coefficient (Wildman–Crippen LogP) is 2.54. The summed E-state index contributed by atoms with van der Waals surface area (Å²) in [6.07, 6.45) is 1.74. The van der Waals surface area contributed by atoms with Crippen LogP contribution in [0.25, 0.3) is 11.4 Å². The number of thioether (sulfide) groups is 1. The monoisotopic (exact) mass is 499 g/mol. The minimum Gasteiger partial charge on any atom is -0.379 e. The van der Waals surface area contributed by atoms with E-state index in [-0.39, 0.29) is 4.90 Å². The number of amides is 1. The second-order valence-electron chi connectivity index (χ2n) is 7.60. The van der Waals surface area contributed by atoms with E-state index < -0.39 is 15.9 Å². The smallest absolute Gasteiger partial charge is 0.248 e. The van der Waals surface area contributed by atoms with Crippen molar-refractivity contribution in [2.24, 2.45) is 5.73 Å². The predicted molar refractivity (Wildman–Crippen MR) is 130 cm³/mol. The molecule has 11 heteroatoms. The Labute approximate surface area is 202 Å². The zero-order valence-electron chi connectivity index (χ0n) is 18.5. The number of morpholine rings is 1. The molecule has 1 aliphatic heterocycles. The first-order valence-corrected chi connectivity index (χ1v) is 13.1. The number of hydrogen-bond donors (Lipinski definition) is 1. The lowest BCUT2D eigenvalue weighted by molar-refractivity contribution is 0.0730. The molecule has 0 unspecified atom stereocenters. The molecule has 0 saturated carbocycles. The number of carbonyl (C=O) groups excluding carboxylic acids is 1. The normalized spacial score (nSPS) is 14.7. The van der Waals surface area contributed by atoms with E-state index in [4.69, 9.17) is 10.5 Å². The number of ether oxygens (including phenoxy) is 1. The highest BCUT2D eigenvalue weighted by molar-refractivity contribution is 7.98. The Hall–Kier alpha value is -2.99. The first-order valence-electron chi connectivity index (χ1n) is 10.6. The molecule has 0 aliphatic carbocycles. The molecule has 0 atom stereocenters. The van der Waals surface area contributed by atoms with Gasteiger partial charge in [0.2, 0.25) is 15.9 Å². The largest absolute Gasteiger partial charge is 0.379 e. The third kappa shape index (κ3) is 5.22. The molecule has 4 rings (SSSR count). The molecule has 0 radical (unpaired) electrons. The van der Waals surface area contributed by atoms with Crippen LogP contribution in [0.4, 0.5) is 0 Å². The van der Waals surface area contributed by atoms with Crippen molar-refractivity contribution in [3.05, 3.63) is 72.3 Å². The van der Waals surface area contributed by atoms with Crippen LogP contribution < -0.4 is 5.73 Å². The van der Waals surface area contributed by atoms with Crippen molar-refractivity contribution in [1.29, 1.82) is 0 Å². The lowest BCUT2D eigenvalue weighted by Crippen LogP contribution is -2.40. The first-order chi connectivity index (χ1) is 16.4. The topological polar surface area (TPSA) is 120 Å². The van der Waals surface area contributed by atoms with Crippen LogP contribution in [0.5, 0.6) is 0 Å². The lowest BCUT2D eigenvalue weighted by Gasteiger charge is -2.26. The average Bonchev–Trinajstić information content (AvgIpc) is 3.26. The van der Waals surface area contributed by atoms with Crippen molar-refractivity contribution < 1.29 is 17.9 Å². The molecule has 0 bridgehead atoms. The highest BCUT2D eigenvalue weighted by Gasteiger charge is 2.27. The van der Waals surface area contributed by atoms with Crippen molar-refractivity contribution in [3.63, 3.8) is 0 Å². The summed E-state index contributed by atoms with van der Waals surface area (Å²) in [5.74, 6) is 0.630. The highest BCUT2D eigenvalue weighted by Crippen LogP contribution is 2.29. The van der Waals surface area contributed by atoms with Gasteiger partial charge >= 0.3 is 0 Å². The molecule has 0 spiro atoms. The second kappa shape index (κ2) is 10.5. The fourth-order valence-electron chi connectivity index (χ4n) is 3.60. The van der Waals surface area contributed by atoms with Gasteiger partial charge in [-0.2, -0.15) is 4.31 Å². The van der Waals surface area contributed by atoms with Gasteiger partial charge in [0.15, 0.2) is 11.0 Å². The summed E-state index contributed by atoms with van der Waals surface area (Å²) in [4.78, 5) is 11.7. The van der Waals surface area contributed by atoms with Gasteiger partial charge in [-0.05, 0) is 29.8 Å². The number of primary amides is 1. The van der Waals surface area contributed by atoms with Gasteiger partial charge in [0, 0.05) is 36.5 Å². The zero-order chi connectivity index (χ0) is 24.1. The maximum Gasteiger partial charge on any atom is 0.248 e. The minimum absolute atomic E-state index is 0.206. The van der Waals surface area contributed by atoms with E-state index in [1.165, 1.54) is 16.1 Å². The zero-order valence-corrected chi connectivity index (χ0v) is 20.1. The molecule has 1 amide bonds. The molecule has 2 aromatic carbocycles. The number of rotatable bonds is 9. The molecule has 1 fully saturated rings.